The number of alkyl halides is 3. The van der Waals surface area contributed by atoms with Gasteiger partial charge in [0, 0.05) is 38.5 Å². The summed E-state index contributed by atoms with van der Waals surface area (Å²) in [4.78, 5) is 66.7. The molecule has 1 aromatic carbocycles. The van der Waals surface area contributed by atoms with Gasteiger partial charge in [-0.2, -0.15) is 13.2 Å². The lowest BCUT2D eigenvalue weighted by Gasteiger charge is -2.29. The highest BCUT2D eigenvalue weighted by Crippen LogP contribution is 2.29. The Labute approximate surface area is 241 Å². The van der Waals surface area contributed by atoms with Crippen LogP contribution >= 0.6 is 0 Å². The molecule has 0 bridgehead atoms. The van der Waals surface area contributed by atoms with Crippen molar-refractivity contribution >= 4 is 29.6 Å². The number of fused-ring (bicyclic) bond motifs is 2. The molecule has 2 aromatic heterocycles. The maximum atomic E-state index is 13.1. The minimum atomic E-state index is -5.08. The number of hydrogen-bond acceptors (Lipinski definition) is 8. The smallest absolute Gasteiger partial charge is 0.475 e. The first-order valence-corrected chi connectivity index (χ1v) is 13.1. The quantitative estimate of drug-likeness (QED) is 0.413. The van der Waals surface area contributed by atoms with Crippen LogP contribution in [0.1, 0.15) is 56.5 Å². The molecule has 0 aliphatic carbocycles. The highest BCUT2D eigenvalue weighted by atomic mass is 19.4. The SMILES string of the molecule is Cc1nc2c(n1C)CN(C(=O)c1cn(-c3ccc4c(c3)C(=O)N(C3CCC(=O)NC3=O)C4)nn1)CC2.O=C(O)C(F)(F)F. The first-order chi connectivity index (χ1) is 20.2. The van der Waals surface area contributed by atoms with Crippen LogP contribution in [0.5, 0.6) is 0 Å². The van der Waals surface area contributed by atoms with Gasteiger partial charge in [0.25, 0.3) is 11.8 Å². The Balaban J connectivity index is 0.000000472. The highest BCUT2D eigenvalue weighted by Gasteiger charge is 2.40. The molecule has 1 atom stereocenters. The molecule has 3 aromatic rings. The van der Waals surface area contributed by atoms with Crippen molar-refractivity contribution in [2.75, 3.05) is 6.54 Å². The van der Waals surface area contributed by atoms with Gasteiger partial charge < -0.3 is 19.5 Å². The molecule has 1 fully saturated rings. The number of imidazole rings is 1. The van der Waals surface area contributed by atoms with Gasteiger partial charge in [-0.1, -0.05) is 11.3 Å². The number of carboxylic acids is 1. The molecular weight excluding hydrogens is 577 g/mol. The number of imide groups is 1. The standard InChI is InChI=1S/C24H24N8O4.C2HF3O2/c1-13-25-17-7-8-30(12-20(17)29(13)2)24(36)18-11-32(28-27-18)15-4-3-14-10-31(23(35)16(14)9-15)19-5-6-21(33)26-22(19)34;3-2(4,5)1(6)7/h3-4,9,11,19H,5-8,10,12H2,1-2H3,(H,26,33,34);(H,6,7). The monoisotopic (exact) mass is 602 g/mol. The Morgan fingerprint density at radius 2 is 1.84 bits per heavy atom. The van der Waals surface area contributed by atoms with E-state index >= 15 is 0 Å². The van der Waals surface area contributed by atoms with E-state index in [1.54, 1.807) is 23.2 Å². The van der Waals surface area contributed by atoms with E-state index in [9.17, 15) is 32.3 Å². The third kappa shape index (κ3) is 5.69. The van der Waals surface area contributed by atoms with Crippen LogP contribution in [-0.2, 0) is 40.9 Å². The van der Waals surface area contributed by atoms with E-state index in [0.717, 1.165) is 22.8 Å². The summed E-state index contributed by atoms with van der Waals surface area (Å²) >= 11 is 0. The molecule has 5 heterocycles. The van der Waals surface area contributed by atoms with Crippen molar-refractivity contribution in [3.05, 3.63) is 58.4 Å². The number of nitrogens with one attached hydrogen (secondary N) is 1. The first-order valence-electron chi connectivity index (χ1n) is 13.1. The number of amides is 4. The van der Waals surface area contributed by atoms with E-state index < -0.39 is 24.1 Å². The number of piperidine rings is 1. The number of carboxylic acid groups (broad SMARTS) is 1. The number of aliphatic carboxylic acids is 1. The summed E-state index contributed by atoms with van der Waals surface area (Å²) in [7, 11) is 1.95. The van der Waals surface area contributed by atoms with E-state index in [2.05, 4.69) is 20.6 Å². The largest absolute Gasteiger partial charge is 0.490 e. The van der Waals surface area contributed by atoms with E-state index in [0.29, 0.717) is 43.7 Å². The lowest BCUT2D eigenvalue weighted by atomic mass is 10.0. The lowest BCUT2D eigenvalue weighted by molar-refractivity contribution is -0.192. The Morgan fingerprint density at radius 3 is 2.51 bits per heavy atom. The van der Waals surface area contributed by atoms with Crippen LogP contribution in [0, 0.1) is 6.92 Å². The van der Waals surface area contributed by atoms with Crippen molar-refractivity contribution in [1.29, 1.82) is 0 Å². The summed E-state index contributed by atoms with van der Waals surface area (Å²) < 4.78 is 35.2. The average Bonchev–Trinajstić information content (AvgIpc) is 3.64. The molecule has 6 rings (SSSR count). The second kappa shape index (κ2) is 11.0. The van der Waals surface area contributed by atoms with E-state index in [1.165, 1.54) is 9.58 Å². The van der Waals surface area contributed by atoms with Crippen molar-refractivity contribution < 1.29 is 42.3 Å². The van der Waals surface area contributed by atoms with Gasteiger partial charge in [0.2, 0.25) is 11.8 Å². The lowest BCUT2D eigenvalue weighted by Crippen LogP contribution is -2.52. The zero-order valence-corrected chi connectivity index (χ0v) is 22.9. The summed E-state index contributed by atoms with van der Waals surface area (Å²) in [5.74, 6) is -3.09. The number of benzene rings is 1. The Bertz CT molecular complexity index is 1660. The predicted octanol–water partition coefficient (Wildman–Crippen LogP) is 0.902. The number of carbonyl (C=O) groups is 5. The zero-order chi connectivity index (χ0) is 31.2. The molecule has 0 saturated carbocycles. The van der Waals surface area contributed by atoms with Crippen molar-refractivity contribution in [3.8, 4) is 5.69 Å². The normalized spacial score (nSPS) is 18.1. The van der Waals surface area contributed by atoms with Crippen LogP contribution in [0.4, 0.5) is 13.2 Å². The number of rotatable bonds is 3. The van der Waals surface area contributed by atoms with Gasteiger partial charge in [-0.3, -0.25) is 24.5 Å². The van der Waals surface area contributed by atoms with Crippen LogP contribution < -0.4 is 5.32 Å². The molecule has 3 aliphatic heterocycles. The first kappa shape index (κ1) is 29.4. The Kier molecular flexibility index (Phi) is 7.49. The third-order valence-corrected chi connectivity index (χ3v) is 7.50. The molecule has 14 nitrogen and oxygen atoms in total. The van der Waals surface area contributed by atoms with E-state index in [4.69, 9.17) is 9.90 Å². The van der Waals surface area contributed by atoms with Gasteiger partial charge in [0.15, 0.2) is 5.69 Å². The van der Waals surface area contributed by atoms with Gasteiger partial charge in [-0.05, 0) is 31.0 Å². The second-order valence-electron chi connectivity index (χ2n) is 10.2. The zero-order valence-electron chi connectivity index (χ0n) is 22.9. The van der Waals surface area contributed by atoms with Crippen LogP contribution in [-0.4, -0.2) is 87.8 Å². The van der Waals surface area contributed by atoms with Crippen LogP contribution in [0.2, 0.25) is 0 Å². The maximum absolute atomic E-state index is 13.1. The van der Waals surface area contributed by atoms with Crippen molar-refractivity contribution in [1.82, 2.24) is 39.7 Å². The molecule has 3 aliphatic rings. The number of aromatic nitrogens is 5. The minimum absolute atomic E-state index is 0.204. The summed E-state index contributed by atoms with van der Waals surface area (Å²) in [6, 6.07) is 4.64. The van der Waals surface area contributed by atoms with Gasteiger partial charge in [-0.15, -0.1) is 5.10 Å². The number of nitrogens with zero attached hydrogens (tertiary/aromatic N) is 7. The molecule has 226 valence electrons. The summed E-state index contributed by atoms with van der Waals surface area (Å²) in [6.45, 7) is 3.26. The van der Waals surface area contributed by atoms with Gasteiger partial charge in [-0.25, -0.2) is 14.5 Å². The Morgan fingerprint density at radius 1 is 1.12 bits per heavy atom. The topological polar surface area (TPSA) is 173 Å². The summed E-state index contributed by atoms with van der Waals surface area (Å²) in [6.07, 6.45) is -2.32. The number of hydrogen-bond donors (Lipinski definition) is 2. The van der Waals surface area contributed by atoms with Gasteiger partial charge >= 0.3 is 12.1 Å². The number of aryl methyl sites for hydroxylation is 1. The molecule has 1 saturated heterocycles. The highest BCUT2D eigenvalue weighted by molar-refractivity contribution is 6.05. The second-order valence-corrected chi connectivity index (χ2v) is 10.2. The van der Waals surface area contributed by atoms with Crippen LogP contribution in [0.15, 0.2) is 24.4 Å². The van der Waals surface area contributed by atoms with Crippen molar-refractivity contribution in [2.24, 2.45) is 7.05 Å². The molecule has 1 unspecified atom stereocenters. The van der Waals surface area contributed by atoms with Crippen LogP contribution in [0.25, 0.3) is 5.69 Å². The average molecular weight is 603 g/mol. The molecule has 2 N–H and O–H groups in total. The fourth-order valence-corrected chi connectivity index (χ4v) is 5.13. The summed E-state index contributed by atoms with van der Waals surface area (Å²) in [5, 5.41) is 17.6. The fraction of sp³-hybridized carbons (Fsp3) is 0.385. The van der Waals surface area contributed by atoms with E-state index in [1.807, 2.05) is 24.6 Å². The minimum Gasteiger partial charge on any atom is -0.475 e. The van der Waals surface area contributed by atoms with Crippen molar-refractivity contribution in [2.45, 2.75) is 51.5 Å². The van der Waals surface area contributed by atoms with Gasteiger partial charge in [0.1, 0.15) is 11.9 Å². The van der Waals surface area contributed by atoms with Crippen molar-refractivity contribution in [3.63, 3.8) is 0 Å². The molecule has 4 amide bonds. The maximum Gasteiger partial charge on any atom is 0.490 e. The summed E-state index contributed by atoms with van der Waals surface area (Å²) in [5.41, 5.74) is 4.11. The Hall–Kier alpha value is -5.09. The molecular formula is C26H25F3N8O6. The third-order valence-electron chi connectivity index (χ3n) is 7.50. The predicted molar refractivity (Wildman–Crippen MR) is 137 cm³/mol. The molecule has 43 heavy (non-hydrogen) atoms. The van der Waals surface area contributed by atoms with Gasteiger partial charge in [0.05, 0.1) is 29.8 Å². The fourth-order valence-electron chi connectivity index (χ4n) is 5.13. The molecule has 17 heteroatoms. The van der Waals surface area contributed by atoms with Crippen LogP contribution in [0.3, 0.4) is 0 Å². The van der Waals surface area contributed by atoms with E-state index in [-0.39, 0.29) is 29.8 Å². The molecule has 0 spiro atoms. The number of carbonyl (C=O) groups excluding carboxylic acids is 4. The molecule has 0 radical (unpaired) electrons. The number of halogens is 3.